The number of nitrogens with zero attached hydrogens (tertiary/aromatic N) is 1. The summed E-state index contributed by atoms with van der Waals surface area (Å²) in [4.78, 5) is 7.92. The number of thiazole rings is 1. The molecule has 0 unspecified atom stereocenters. The molecule has 0 aromatic carbocycles. The monoisotopic (exact) mass is 247 g/mol. The summed E-state index contributed by atoms with van der Waals surface area (Å²) in [5, 5.41) is 6.71. The highest BCUT2D eigenvalue weighted by Crippen LogP contribution is 2.48. The Kier molecular flexibility index (Phi) is 2.76. The molecule has 3 rings (SSSR count). The standard InChI is InChI=1S/C13H17N3S/c1-14-9-13(4-5-13)7-12-16-11(8-17-12)10-3-2-6-15-10/h2-3,6,8,14-15H,4-5,7,9H2,1H3. The highest BCUT2D eigenvalue weighted by molar-refractivity contribution is 7.09. The molecule has 1 saturated carbocycles. The average Bonchev–Trinajstić information content (AvgIpc) is 2.78. The predicted molar refractivity (Wildman–Crippen MR) is 71.2 cm³/mol. The van der Waals surface area contributed by atoms with Gasteiger partial charge in [-0.1, -0.05) is 0 Å². The second-order valence-corrected chi connectivity index (χ2v) is 5.86. The van der Waals surface area contributed by atoms with E-state index < -0.39 is 0 Å². The molecule has 90 valence electrons. The fourth-order valence-electron chi connectivity index (χ4n) is 2.29. The van der Waals surface area contributed by atoms with Gasteiger partial charge in [-0.05, 0) is 37.4 Å². The Morgan fingerprint density at radius 2 is 2.41 bits per heavy atom. The minimum absolute atomic E-state index is 0.500. The maximum Gasteiger partial charge on any atom is 0.0976 e. The van der Waals surface area contributed by atoms with Gasteiger partial charge in [-0.25, -0.2) is 4.98 Å². The summed E-state index contributed by atoms with van der Waals surface area (Å²) < 4.78 is 0. The zero-order chi connectivity index (χ0) is 11.7. The highest BCUT2D eigenvalue weighted by atomic mass is 32.1. The predicted octanol–water partition coefficient (Wildman–Crippen LogP) is 2.68. The Morgan fingerprint density at radius 3 is 3.06 bits per heavy atom. The minimum Gasteiger partial charge on any atom is -0.360 e. The van der Waals surface area contributed by atoms with E-state index in [1.807, 2.05) is 19.3 Å². The molecule has 0 bridgehead atoms. The SMILES string of the molecule is CNCC1(Cc2nc(-c3ccc[nH]3)cs2)CC1. The van der Waals surface area contributed by atoms with Crippen molar-refractivity contribution in [1.29, 1.82) is 0 Å². The van der Waals surface area contributed by atoms with Crippen molar-refractivity contribution in [1.82, 2.24) is 15.3 Å². The molecule has 2 heterocycles. The van der Waals surface area contributed by atoms with Crippen LogP contribution in [0.2, 0.25) is 0 Å². The van der Waals surface area contributed by atoms with Gasteiger partial charge < -0.3 is 10.3 Å². The first-order chi connectivity index (χ1) is 8.31. The van der Waals surface area contributed by atoms with E-state index >= 15 is 0 Å². The second kappa shape index (κ2) is 4.27. The molecule has 0 amide bonds. The van der Waals surface area contributed by atoms with E-state index in [9.17, 15) is 0 Å². The first kappa shape index (κ1) is 11.0. The van der Waals surface area contributed by atoms with Crippen LogP contribution < -0.4 is 5.32 Å². The molecular weight excluding hydrogens is 230 g/mol. The lowest BCUT2D eigenvalue weighted by Gasteiger charge is -2.11. The fraction of sp³-hybridized carbons (Fsp3) is 0.462. The minimum atomic E-state index is 0.500. The topological polar surface area (TPSA) is 40.7 Å². The molecule has 0 radical (unpaired) electrons. The summed E-state index contributed by atoms with van der Waals surface area (Å²) in [7, 11) is 2.03. The zero-order valence-electron chi connectivity index (χ0n) is 9.99. The van der Waals surface area contributed by atoms with Crippen LogP contribution in [-0.2, 0) is 6.42 Å². The molecule has 0 spiro atoms. The van der Waals surface area contributed by atoms with Crippen LogP contribution in [0.4, 0.5) is 0 Å². The van der Waals surface area contributed by atoms with E-state index in [0.717, 1.165) is 24.4 Å². The van der Waals surface area contributed by atoms with Crippen molar-refractivity contribution in [2.75, 3.05) is 13.6 Å². The molecule has 1 aliphatic rings. The maximum absolute atomic E-state index is 4.72. The van der Waals surface area contributed by atoms with Crippen LogP contribution in [-0.4, -0.2) is 23.6 Å². The quantitative estimate of drug-likeness (QED) is 0.853. The van der Waals surface area contributed by atoms with Gasteiger partial charge in [0.2, 0.25) is 0 Å². The number of hydrogen-bond acceptors (Lipinski definition) is 3. The lowest BCUT2D eigenvalue weighted by atomic mass is 10.0. The summed E-state index contributed by atoms with van der Waals surface area (Å²) in [5.74, 6) is 0. The summed E-state index contributed by atoms with van der Waals surface area (Å²) in [6.45, 7) is 1.12. The van der Waals surface area contributed by atoms with Crippen LogP contribution in [0.1, 0.15) is 17.8 Å². The normalized spacial score (nSPS) is 17.2. The lowest BCUT2D eigenvalue weighted by Crippen LogP contribution is -2.21. The van der Waals surface area contributed by atoms with Crippen molar-refractivity contribution in [2.24, 2.45) is 5.41 Å². The number of rotatable bonds is 5. The smallest absolute Gasteiger partial charge is 0.0976 e. The Labute approximate surface area is 105 Å². The molecule has 2 aromatic heterocycles. The summed E-state index contributed by atoms with van der Waals surface area (Å²) >= 11 is 1.78. The highest BCUT2D eigenvalue weighted by Gasteiger charge is 2.42. The van der Waals surface area contributed by atoms with E-state index in [0.29, 0.717) is 5.41 Å². The van der Waals surface area contributed by atoms with Crippen molar-refractivity contribution in [3.05, 3.63) is 28.7 Å². The molecule has 2 N–H and O–H groups in total. The summed E-state index contributed by atoms with van der Waals surface area (Å²) in [6, 6.07) is 4.08. The number of aromatic amines is 1. The Morgan fingerprint density at radius 1 is 1.53 bits per heavy atom. The van der Waals surface area contributed by atoms with E-state index in [1.165, 1.54) is 17.8 Å². The Hall–Kier alpha value is -1.13. The van der Waals surface area contributed by atoms with Crippen molar-refractivity contribution in [3.63, 3.8) is 0 Å². The summed E-state index contributed by atoms with van der Waals surface area (Å²) in [6.07, 6.45) is 5.74. The average molecular weight is 247 g/mol. The zero-order valence-corrected chi connectivity index (χ0v) is 10.8. The van der Waals surface area contributed by atoms with Gasteiger partial charge in [0.1, 0.15) is 0 Å². The van der Waals surface area contributed by atoms with Crippen molar-refractivity contribution >= 4 is 11.3 Å². The van der Waals surface area contributed by atoms with Gasteiger partial charge in [-0.2, -0.15) is 0 Å². The van der Waals surface area contributed by atoms with Crippen molar-refractivity contribution in [3.8, 4) is 11.4 Å². The van der Waals surface area contributed by atoms with Gasteiger partial charge in [-0.3, -0.25) is 0 Å². The molecular formula is C13H17N3S. The van der Waals surface area contributed by atoms with Gasteiger partial charge in [0.15, 0.2) is 0 Å². The van der Waals surface area contributed by atoms with Gasteiger partial charge in [0.05, 0.1) is 16.4 Å². The van der Waals surface area contributed by atoms with E-state index in [4.69, 9.17) is 4.98 Å². The van der Waals surface area contributed by atoms with Gasteiger partial charge >= 0.3 is 0 Å². The van der Waals surface area contributed by atoms with Crippen molar-refractivity contribution in [2.45, 2.75) is 19.3 Å². The Balaban J connectivity index is 1.73. The molecule has 2 aromatic rings. The lowest BCUT2D eigenvalue weighted by molar-refractivity contribution is 0.477. The summed E-state index contributed by atoms with van der Waals surface area (Å²) in [5.41, 5.74) is 2.70. The van der Waals surface area contributed by atoms with Crippen LogP contribution in [0.15, 0.2) is 23.7 Å². The van der Waals surface area contributed by atoms with E-state index in [-0.39, 0.29) is 0 Å². The van der Waals surface area contributed by atoms with Gasteiger partial charge in [0.25, 0.3) is 0 Å². The number of hydrogen-bond donors (Lipinski definition) is 2. The fourth-order valence-corrected chi connectivity index (χ4v) is 3.26. The van der Waals surface area contributed by atoms with Gasteiger partial charge in [-0.15, -0.1) is 11.3 Å². The van der Waals surface area contributed by atoms with E-state index in [1.54, 1.807) is 11.3 Å². The third-order valence-corrected chi connectivity index (χ3v) is 4.31. The maximum atomic E-state index is 4.72. The van der Waals surface area contributed by atoms with Crippen LogP contribution in [0.25, 0.3) is 11.4 Å². The molecule has 0 aliphatic heterocycles. The van der Waals surface area contributed by atoms with Crippen LogP contribution in [0.3, 0.4) is 0 Å². The third kappa shape index (κ3) is 2.28. The molecule has 1 aliphatic carbocycles. The van der Waals surface area contributed by atoms with Crippen LogP contribution in [0.5, 0.6) is 0 Å². The molecule has 0 saturated heterocycles. The molecule has 17 heavy (non-hydrogen) atoms. The van der Waals surface area contributed by atoms with Crippen molar-refractivity contribution < 1.29 is 0 Å². The molecule has 0 atom stereocenters. The molecule has 1 fully saturated rings. The first-order valence-corrected chi connectivity index (χ1v) is 6.92. The largest absolute Gasteiger partial charge is 0.360 e. The van der Waals surface area contributed by atoms with E-state index in [2.05, 4.69) is 21.7 Å². The second-order valence-electron chi connectivity index (χ2n) is 4.92. The first-order valence-electron chi connectivity index (χ1n) is 6.04. The number of nitrogens with one attached hydrogen (secondary N) is 2. The van der Waals surface area contributed by atoms with Crippen LogP contribution in [0, 0.1) is 5.41 Å². The molecule has 3 nitrogen and oxygen atoms in total. The third-order valence-electron chi connectivity index (χ3n) is 3.46. The number of aromatic nitrogens is 2. The Bertz CT molecular complexity index is 482. The molecule has 4 heteroatoms. The van der Waals surface area contributed by atoms with Crippen LogP contribution >= 0.6 is 11.3 Å². The number of H-pyrrole nitrogens is 1. The van der Waals surface area contributed by atoms with Gasteiger partial charge in [0, 0.05) is 24.5 Å².